The Morgan fingerprint density at radius 1 is 1.35 bits per heavy atom. The van der Waals surface area contributed by atoms with Crippen LogP contribution in [0.1, 0.15) is 26.5 Å². The van der Waals surface area contributed by atoms with Crippen LogP contribution in [0.4, 0.5) is 10.1 Å². The third kappa shape index (κ3) is 2.88. The van der Waals surface area contributed by atoms with E-state index in [9.17, 15) is 14.0 Å². The van der Waals surface area contributed by atoms with Crippen LogP contribution in [-0.4, -0.2) is 17.0 Å². The van der Waals surface area contributed by atoms with E-state index in [1.54, 1.807) is 6.92 Å². The number of furan rings is 1. The third-order valence-corrected chi connectivity index (χ3v) is 3.19. The lowest BCUT2D eigenvalue weighted by Crippen LogP contribution is -2.12. The van der Waals surface area contributed by atoms with Crippen molar-refractivity contribution in [1.82, 2.24) is 0 Å². The summed E-state index contributed by atoms with van der Waals surface area (Å²) in [5.41, 5.74) is 0.813. The first-order chi connectivity index (χ1) is 9.38. The van der Waals surface area contributed by atoms with Crippen LogP contribution in [0.2, 0.25) is 0 Å². The summed E-state index contributed by atoms with van der Waals surface area (Å²) in [5, 5.41) is 11.3. The molecule has 104 valence electrons. The van der Waals surface area contributed by atoms with Crippen molar-refractivity contribution in [2.45, 2.75) is 6.92 Å². The normalized spacial score (nSPS) is 10.3. The van der Waals surface area contributed by atoms with Gasteiger partial charge in [0.1, 0.15) is 12.1 Å². The van der Waals surface area contributed by atoms with Gasteiger partial charge >= 0.3 is 5.97 Å². The first-order valence-corrected chi connectivity index (χ1v) is 6.26. The van der Waals surface area contributed by atoms with Crippen molar-refractivity contribution in [2.75, 3.05) is 5.32 Å². The fraction of sp³-hybridized carbons (Fsp3) is 0.0769. The van der Waals surface area contributed by atoms with Crippen LogP contribution in [0, 0.1) is 12.7 Å². The van der Waals surface area contributed by atoms with E-state index in [4.69, 9.17) is 9.52 Å². The highest BCUT2D eigenvalue weighted by molar-refractivity contribution is 9.10. The van der Waals surface area contributed by atoms with Crippen LogP contribution in [0.5, 0.6) is 0 Å². The van der Waals surface area contributed by atoms with Crippen molar-refractivity contribution in [2.24, 2.45) is 0 Å². The van der Waals surface area contributed by atoms with Gasteiger partial charge in [0.05, 0.1) is 10.0 Å². The largest absolute Gasteiger partial charge is 0.478 e. The van der Waals surface area contributed by atoms with Gasteiger partial charge in [0.25, 0.3) is 5.91 Å². The van der Waals surface area contributed by atoms with E-state index in [0.29, 0.717) is 11.3 Å². The van der Waals surface area contributed by atoms with Crippen molar-refractivity contribution in [1.29, 1.82) is 0 Å². The second-order valence-corrected chi connectivity index (χ2v) is 4.89. The quantitative estimate of drug-likeness (QED) is 0.896. The number of aromatic carboxylic acids is 1. The third-order valence-electron chi connectivity index (χ3n) is 2.59. The Bertz CT molecular complexity index is 696. The van der Waals surface area contributed by atoms with Gasteiger partial charge in [0.2, 0.25) is 0 Å². The molecule has 7 heteroatoms. The van der Waals surface area contributed by atoms with Gasteiger partial charge < -0.3 is 14.8 Å². The fourth-order valence-corrected chi connectivity index (χ4v) is 1.88. The maximum Gasteiger partial charge on any atom is 0.338 e. The average Bonchev–Trinajstić information content (AvgIpc) is 2.85. The van der Waals surface area contributed by atoms with Crippen LogP contribution in [0.3, 0.4) is 0 Å². The van der Waals surface area contributed by atoms with Gasteiger partial charge in [-0.05, 0) is 40.5 Å². The summed E-state index contributed by atoms with van der Waals surface area (Å²) in [6, 6.07) is 3.81. The summed E-state index contributed by atoms with van der Waals surface area (Å²) < 4.78 is 18.4. The van der Waals surface area contributed by atoms with E-state index in [1.807, 2.05) is 0 Å². The molecule has 1 amide bonds. The molecule has 0 bridgehead atoms. The van der Waals surface area contributed by atoms with Gasteiger partial charge in [-0.15, -0.1) is 0 Å². The van der Waals surface area contributed by atoms with Crippen LogP contribution in [-0.2, 0) is 0 Å². The maximum atomic E-state index is 13.3. The molecule has 0 aliphatic heterocycles. The summed E-state index contributed by atoms with van der Waals surface area (Å²) in [5.74, 6) is -2.37. The van der Waals surface area contributed by atoms with Crippen molar-refractivity contribution >= 4 is 33.5 Å². The lowest BCUT2D eigenvalue weighted by Gasteiger charge is -2.08. The topological polar surface area (TPSA) is 79.5 Å². The monoisotopic (exact) mass is 341 g/mol. The summed E-state index contributed by atoms with van der Waals surface area (Å²) in [6.07, 6.45) is 0.977. The average molecular weight is 342 g/mol. The van der Waals surface area contributed by atoms with Crippen LogP contribution < -0.4 is 5.32 Å². The van der Waals surface area contributed by atoms with E-state index in [1.165, 1.54) is 12.1 Å². The molecule has 0 saturated heterocycles. The SMILES string of the molecule is Cc1cc(F)c(Br)cc1NC(=O)c1cc(C(=O)O)co1. The van der Waals surface area contributed by atoms with Gasteiger partial charge in [-0.25, -0.2) is 9.18 Å². The van der Waals surface area contributed by atoms with Gasteiger partial charge in [0.15, 0.2) is 5.76 Å². The number of hydrogen-bond acceptors (Lipinski definition) is 3. The Balaban J connectivity index is 2.23. The number of anilines is 1. The molecular weight excluding hydrogens is 333 g/mol. The van der Waals surface area contributed by atoms with Crippen LogP contribution in [0.25, 0.3) is 0 Å². The molecule has 0 atom stereocenters. The molecule has 0 aliphatic carbocycles. The summed E-state index contributed by atoms with van der Waals surface area (Å²) in [7, 11) is 0. The molecule has 2 N–H and O–H groups in total. The fourth-order valence-electron chi connectivity index (χ4n) is 1.53. The number of hydrogen-bond donors (Lipinski definition) is 2. The van der Waals surface area contributed by atoms with Crippen molar-refractivity contribution in [3.63, 3.8) is 0 Å². The van der Waals surface area contributed by atoms with Gasteiger partial charge in [0, 0.05) is 11.8 Å². The Labute approximate surface area is 121 Å². The van der Waals surface area contributed by atoms with Crippen molar-refractivity contribution in [3.05, 3.63) is 51.6 Å². The van der Waals surface area contributed by atoms with E-state index in [2.05, 4.69) is 21.2 Å². The lowest BCUT2D eigenvalue weighted by atomic mass is 10.2. The molecule has 0 aliphatic rings. The number of nitrogens with one attached hydrogen (secondary N) is 1. The number of rotatable bonds is 3. The Kier molecular flexibility index (Phi) is 3.89. The Morgan fingerprint density at radius 2 is 2.05 bits per heavy atom. The number of halogens is 2. The molecule has 0 fully saturated rings. The number of amides is 1. The molecule has 0 radical (unpaired) electrons. The zero-order valence-corrected chi connectivity index (χ0v) is 11.8. The van der Waals surface area contributed by atoms with Crippen LogP contribution in [0.15, 0.2) is 33.4 Å². The summed E-state index contributed by atoms with van der Waals surface area (Å²) >= 11 is 3.02. The van der Waals surface area contributed by atoms with Gasteiger partial charge in [-0.3, -0.25) is 4.79 Å². The second kappa shape index (κ2) is 5.46. The van der Waals surface area contributed by atoms with E-state index in [-0.39, 0.29) is 15.8 Å². The number of carbonyl (C=O) groups excluding carboxylic acids is 1. The highest BCUT2D eigenvalue weighted by atomic mass is 79.9. The first kappa shape index (κ1) is 14.3. The minimum Gasteiger partial charge on any atom is -0.478 e. The molecule has 1 aromatic carbocycles. The maximum absolute atomic E-state index is 13.3. The second-order valence-electron chi connectivity index (χ2n) is 4.04. The molecule has 0 spiro atoms. The van der Waals surface area contributed by atoms with E-state index >= 15 is 0 Å². The molecular formula is C13H9BrFNO4. The molecule has 2 rings (SSSR count). The highest BCUT2D eigenvalue weighted by Gasteiger charge is 2.16. The van der Waals surface area contributed by atoms with E-state index in [0.717, 1.165) is 12.3 Å². The predicted octanol–water partition coefficient (Wildman–Crippen LogP) is 3.44. The minimum absolute atomic E-state index is 0.118. The Morgan fingerprint density at radius 3 is 2.65 bits per heavy atom. The molecule has 5 nitrogen and oxygen atoms in total. The number of carbonyl (C=O) groups is 2. The smallest absolute Gasteiger partial charge is 0.338 e. The summed E-state index contributed by atoms with van der Waals surface area (Å²) in [4.78, 5) is 22.6. The number of aryl methyl sites for hydroxylation is 1. The molecule has 0 saturated carbocycles. The predicted molar refractivity (Wildman–Crippen MR) is 72.5 cm³/mol. The standard InChI is InChI=1S/C13H9BrFNO4/c1-6-2-9(15)8(14)4-10(6)16-12(17)11-3-7(5-20-11)13(18)19/h2-5H,1H3,(H,16,17)(H,18,19). The van der Waals surface area contributed by atoms with Crippen LogP contribution >= 0.6 is 15.9 Å². The molecule has 2 aromatic rings. The van der Waals surface area contributed by atoms with E-state index < -0.39 is 17.7 Å². The Hall–Kier alpha value is -2.15. The van der Waals surface area contributed by atoms with Gasteiger partial charge in [-0.2, -0.15) is 0 Å². The molecule has 0 unspecified atom stereocenters. The highest BCUT2D eigenvalue weighted by Crippen LogP contribution is 2.24. The molecule has 20 heavy (non-hydrogen) atoms. The summed E-state index contributed by atoms with van der Waals surface area (Å²) in [6.45, 7) is 1.63. The number of carboxylic acid groups (broad SMARTS) is 1. The van der Waals surface area contributed by atoms with Crippen molar-refractivity contribution in [3.8, 4) is 0 Å². The zero-order chi connectivity index (χ0) is 14.9. The molecule has 1 heterocycles. The zero-order valence-electron chi connectivity index (χ0n) is 10.2. The van der Waals surface area contributed by atoms with Crippen molar-refractivity contribution < 1.29 is 23.5 Å². The van der Waals surface area contributed by atoms with Gasteiger partial charge in [-0.1, -0.05) is 0 Å². The lowest BCUT2D eigenvalue weighted by molar-refractivity contribution is 0.0696. The minimum atomic E-state index is -1.19. The first-order valence-electron chi connectivity index (χ1n) is 5.47. The number of benzene rings is 1. The molecule has 1 aromatic heterocycles. The number of carboxylic acids is 1.